The zero-order valence-corrected chi connectivity index (χ0v) is 16.8. The van der Waals surface area contributed by atoms with E-state index in [0.717, 1.165) is 32.5 Å². The van der Waals surface area contributed by atoms with Crippen molar-refractivity contribution in [1.82, 2.24) is 9.88 Å². The van der Waals surface area contributed by atoms with Crippen molar-refractivity contribution in [2.75, 3.05) is 24.5 Å². The number of hydrogen-bond acceptors (Lipinski definition) is 4. The molecule has 0 N–H and O–H groups in total. The Labute approximate surface area is 172 Å². The number of pyridine rings is 1. The molecule has 0 aliphatic carbocycles. The van der Waals surface area contributed by atoms with Crippen molar-refractivity contribution in [3.05, 3.63) is 84.4 Å². The number of aromatic nitrogens is 1. The maximum Gasteiger partial charge on any atom is 0.262 e. The zero-order chi connectivity index (χ0) is 20.1. The second-order valence-corrected chi connectivity index (χ2v) is 7.74. The van der Waals surface area contributed by atoms with Crippen LogP contribution in [0.3, 0.4) is 0 Å². The molecule has 1 aliphatic heterocycles. The Morgan fingerprint density at radius 3 is 2.69 bits per heavy atom. The van der Waals surface area contributed by atoms with Gasteiger partial charge >= 0.3 is 0 Å². The van der Waals surface area contributed by atoms with Crippen molar-refractivity contribution in [2.24, 2.45) is 5.92 Å². The normalized spacial score (nSPS) is 19.8. The molecule has 3 heterocycles. The van der Waals surface area contributed by atoms with Crippen molar-refractivity contribution in [2.45, 2.75) is 25.8 Å². The summed E-state index contributed by atoms with van der Waals surface area (Å²) < 4.78 is 5.15. The zero-order valence-electron chi connectivity index (χ0n) is 16.8. The molecule has 29 heavy (non-hydrogen) atoms. The molecule has 4 rings (SSSR count). The van der Waals surface area contributed by atoms with Crippen molar-refractivity contribution >= 4 is 11.7 Å². The molecule has 2 aromatic heterocycles. The molecule has 1 saturated heterocycles. The highest BCUT2D eigenvalue weighted by Gasteiger charge is 2.35. The van der Waals surface area contributed by atoms with Crippen molar-refractivity contribution in [3.63, 3.8) is 0 Å². The van der Waals surface area contributed by atoms with Crippen LogP contribution < -0.4 is 4.90 Å². The van der Waals surface area contributed by atoms with Crippen LogP contribution in [-0.2, 0) is 6.42 Å². The van der Waals surface area contributed by atoms with E-state index >= 15 is 0 Å². The van der Waals surface area contributed by atoms with Crippen LogP contribution in [0.5, 0.6) is 0 Å². The number of nitrogens with zero attached hydrogens (tertiary/aromatic N) is 3. The Morgan fingerprint density at radius 1 is 1.17 bits per heavy atom. The summed E-state index contributed by atoms with van der Waals surface area (Å²) in [4.78, 5) is 22.1. The summed E-state index contributed by atoms with van der Waals surface area (Å²) >= 11 is 0. The van der Waals surface area contributed by atoms with E-state index in [1.54, 1.807) is 18.5 Å². The highest BCUT2D eigenvalue weighted by atomic mass is 16.3. The van der Waals surface area contributed by atoms with Crippen LogP contribution >= 0.6 is 0 Å². The molecule has 5 nitrogen and oxygen atoms in total. The van der Waals surface area contributed by atoms with Gasteiger partial charge in [-0.3, -0.25) is 9.69 Å². The van der Waals surface area contributed by atoms with Crippen molar-refractivity contribution in [3.8, 4) is 0 Å². The maximum atomic E-state index is 13.3. The van der Waals surface area contributed by atoms with Crippen LogP contribution in [0.1, 0.15) is 29.3 Å². The van der Waals surface area contributed by atoms with Gasteiger partial charge < -0.3 is 9.32 Å². The second-order valence-electron chi connectivity index (χ2n) is 7.74. The minimum Gasteiger partial charge on any atom is -0.472 e. The molecule has 1 amide bonds. The van der Waals surface area contributed by atoms with Crippen LogP contribution in [0, 0.1) is 5.92 Å². The van der Waals surface area contributed by atoms with Crippen LogP contribution in [-0.4, -0.2) is 41.5 Å². The first-order chi connectivity index (χ1) is 14.2. The van der Waals surface area contributed by atoms with Gasteiger partial charge in [0.05, 0.1) is 11.8 Å². The van der Waals surface area contributed by atoms with Gasteiger partial charge in [-0.2, -0.15) is 0 Å². The van der Waals surface area contributed by atoms with Gasteiger partial charge in [0.25, 0.3) is 5.91 Å². The molecule has 2 atom stereocenters. The third-order valence-corrected chi connectivity index (χ3v) is 5.72. The first-order valence-electron chi connectivity index (χ1n) is 10.3. The van der Waals surface area contributed by atoms with E-state index in [9.17, 15) is 4.79 Å². The summed E-state index contributed by atoms with van der Waals surface area (Å²) in [5.41, 5.74) is 1.93. The van der Waals surface area contributed by atoms with E-state index in [1.165, 1.54) is 11.8 Å². The van der Waals surface area contributed by atoms with Crippen LogP contribution in [0.15, 0.2) is 77.7 Å². The minimum absolute atomic E-state index is 0.0490. The largest absolute Gasteiger partial charge is 0.472 e. The van der Waals surface area contributed by atoms with Gasteiger partial charge in [-0.25, -0.2) is 4.98 Å². The Morgan fingerprint density at radius 2 is 2.00 bits per heavy atom. The van der Waals surface area contributed by atoms with E-state index < -0.39 is 0 Å². The fourth-order valence-corrected chi connectivity index (χ4v) is 4.18. The third kappa shape index (κ3) is 4.57. The van der Waals surface area contributed by atoms with Gasteiger partial charge in [-0.05, 0) is 42.5 Å². The highest BCUT2D eigenvalue weighted by Crippen LogP contribution is 2.28. The number of furan rings is 1. The van der Waals surface area contributed by atoms with Crippen molar-refractivity contribution < 1.29 is 9.21 Å². The lowest BCUT2D eigenvalue weighted by Gasteiger charge is -2.42. The van der Waals surface area contributed by atoms with E-state index in [0.29, 0.717) is 17.3 Å². The number of carbonyl (C=O) groups is 1. The molecule has 1 aliphatic rings. The van der Waals surface area contributed by atoms with E-state index in [4.69, 9.17) is 4.42 Å². The molecule has 150 valence electrons. The maximum absolute atomic E-state index is 13.3. The Bertz CT molecular complexity index is 896. The summed E-state index contributed by atoms with van der Waals surface area (Å²) in [6, 6.07) is 18.2. The number of benzene rings is 1. The predicted octanol–water partition coefficient (Wildman–Crippen LogP) is 4.27. The van der Waals surface area contributed by atoms with Gasteiger partial charge in [0.1, 0.15) is 12.1 Å². The monoisotopic (exact) mass is 389 g/mol. The van der Waals surface area contributed by atoms with Gasteiger partial charge in [-0.15, -0.1) is 0 Å². The lowest BCUT2D eigenvalue weighted by atomic mass is 9.91. The Kier molecular flexibility index (Phi) is 6.06. The van der Waals surface area contributed by atoms with Crippen molar-refractivity contribution in [1.29, 1.82) is 0 Å². The topological polar surface area (TPSA) is 49.6 Å². The lowest BCUT2D eigenvalue weighted by Crippen LogP contribution is -2.53. The summed E-state index contributed by atoms with van der Waals surface area (Å²) in [7, 11) is 0. The summed E-state index contributed by atoms with van der Waals surface area (Å²) in [5, 5.41) is 0. The quantitative estimate of drug-likeness (QED) is 0.632. The van der Waals surface area contributed by atoms with Crippen LogP contribution in [0.2, 0.25) is 0 Å². The molecule has 0 unspecified atom stereocenters. The summed E-state index contributed by atoms with van der Waals surface area (Å²) in [6.07, 6.45) is 6.77. The van der Waals surface area contributed by atoms with E-state index in [2.05, 4.69) is 47.1 Å². The molecule has 5 heteroatoms. The molecule has 0 saturated carbocycles. The highest BCUT2D eigenvalue weighted by molar-refractivity contribution is 6.05. The van der Waals surface area contributed by atoms with Crippen LogP contribution in [0.4, 0.5) is 5.82 Å². The molecule has 0 bridgehead atoms. The number of rotatable bonds is 6. The van der Waals surface area contributed by atoms with Gasteiger partial charge in [0.2, 0.25) is 0 Å². The SMILES string of the molecule is C[C@H]1CN(CCc2ccccc2)CC[C@H]1N(C(=O)c1ccoc1)c1ccccn1. The molecule has 1 fully saturated rings. The second kappa shape index (κ2) is 9.05. The summed E-state index contributed by atoms with van der Waals surface area (Å²) in [6.45, 7) is 5.22. The average molecular weight is 389 g/mol. The minimum atomic E-state index is -0.0490. The van der Waals surface area contributed by atoms with E-state index in [1.807, 2.05) is 23.1 Å². The molecule has 3 aromatic rings. The first kappa shape index (κ1) is 19.4. The van der Waals surface area contributed by atoms with Crippen LogP contribution in [0.25, 0.3) is 0 Å². The number of piperidine rings is 1. The Balaban J connectivity index is 1.47. The standard InChI is InChI=1S/C24H27N3O2/c1-19-17-26(14-10-20-7-3-2-4-8-20)15-11-22(19)27(23-9-5-6-13-25-23)24(28)21-12-16-29-18-21/h2-9,12-13,16,18-19,22H,10-11,14-15,17H2,1H3/t19-,22+/m0/s1. The summed E-state index contributed by atoms with van der Waals surface area (Å²) in [5.74, 6) is 0.998. The fourth-order valence-electron chi connectivity index (χ4n) is 4.18. The molecular weight excluding hydrogens is 362 g/mol. The number of carbonyl (C=O) groups excluding carboxylic acids is 1. The van der Waals surface area contributed by atoms with E-state index in [-0.39, 0.29) is 11.9 Å². The number of anilines is 1. The number of likely N-dealkylation sites (tertiary alicyclic amines) is 1. The number of hydrogen-bond donors (Lipinski definition) is 0. The van der Waals surface area contributed by atoms with Gasteiger partial charge in [0, 0.05) is 31.9 Å². The number of amides is 1. The van der Waals surface area contributed by atoms with Gasteiger partial charge in [0.15, 0.2) is 0 Å². The van der Waals surface area contributed by atoms with Gasteiger partial charge in [-0.1, -0.05) is 43.3 Å². The molecule has 0 radical (unpaired) electrons. The first-order valence-corrected chi connectivity index (χ1v) is 10.3. The Hall–Kier alpha value is -2.92. The third-order valence-electron chi connectivity index (χ3n) is 5.72. The average Bonchev–Trinajstić information content (AvgIpc) is 3.30. The fraction of sp³-hybridized carbons (Fsp3) is 0.333. The molecular formula is C24H27N3O2. The molecule has 1 aromatic carbocycles. The lowest BCUT2D eigenvalue weighted by molar-refractivity contribution is 0.0931. The smallest absolute Gasteiger partial charge is 0.262 e. The predicted molar refractivity (Wildman–Crippen MR) is 114 cm³/mol. The molecule has 0 spiro atoms.